The highest BCUT2D eigenvalue weighted by Crippen LogP contribution is 2.20. The predicted octanol–water partition coefficient (Wildman–Crippen LogP) is 2.00. The van der Waals surface area contributed by atoms with Gasteiger partial charge < -0.3 is 21.7 Å². The lowest BCUT2D eigenvalue weighted by molar-refractivity contribution is 0.262. The molecule has 0 amide bonds. The molecular weight excluding hydrogens is 300 g/mol. The quantitative estimate of drug-likeness (QED) is 0.670. The zero-order valence-electron chi connectivity index (χ0n) is 13.1. The second-order valence-corrected chi connectivity index (χ2v) is 5.85. The van der Waals surface area contributed by atoms with Crippen LogP contribution >= 0.6 is 0 Å². The Morgan fingerprint density at radius 2 is 1.08 bits per heavy atom. The molecule has 0 fully saturated rings. The Balaban J connectivity index is 1.82. The summed E-state index contributed by atoms with van der Waals surface area (Å²) in [4.78, 5) is 0. The molecule has 0 aliphatic heterocycles. The first-order valence-electron chi connectivity index (χ1n) is 7.71. The van der Waals surface area contributed by atoms with Gasteiger partial charge in [-0.2, -0.15) is 0 Å². The summed E-state index contributed by atoms with van der Waals surface area (Å²) in [5, 5.41) is 19.9. The van der Waals surface area contributed by atoms with Crippen LogP contribution in [0.25, 0.3) is 12.2 Å². The lowest BCUT2D eigenvalue weighted by atomic mass is 9.98. The van der Waals surface area contributed by atoms with E-state index in [1.807, 2.05) is 36.4 Å². The fraction of sp³-hybridized carbons (Fsp3) is 0.100. The zero-order chi connectivity index (χ0) is 17.1. The Morgan fingerprint density at radius 3 is 1.46 bits per heavy atom. The Hall–Kier alpha value is -2.82. The maximum Gasteiger partial charge on any atom is 0.0976 e. The van der Waals surface area contributed by atoms with E-state index in [-0.39, 0.29) is 0 Å². The first-order valence-corrected chi connectivity index (χ1v) is 7.71. The molecule has 24 heavy (non-hydrogen) atoms. The molecule has 0 radical (unpaired) electrons. The Morgan fingerprint density at radius 1 is 0.708 bits per heavy atom. The lowest BCUT2D eigenvalue weighted by Crippen LogP contribution is -2.11. The van der Waals surface area contributed by atoms with Crippen LogP contribution in [0.3, 0.4) is 0 Å². The monoisotopic (exact) mass is 320 g/mol. The van der Waals surface area contributed by atoms with Gasteiger partial charge in [-0.15, -0.1) is 0 Å². The van der Waals surface area contributed by atoms with E-state index in [4.69, 9.17) is 11.5 Å². The van der Waals surface area contributed by atoms with E-state index in [9.17, 15) is 10.2 Å². The summed E-state index contributed by atoms with van der Waals surface area (Å²) in [6.45, 7) is 0. The minimum atomic E-state index is -0.642. The second-order valence-electron chi connectivity index (χ2n) is 5.85. The van der Waals surface area contributed by atoms with Gasteiger partial charge >= 0.3 is 0 Å². The van der Waals surface area contributed by atoms with Gasteiger partial charge in [-0.3, -0.25) is 0 Å². The van der Waals surface area contributed by atoms with E-state index < -0.39 is 12.2 Å². The molecule has 2 aliphatic rings. The van der Waals surface area contributed by atoms with Gasteiger partial charge in [0.25, 0.3) is 0 Å². The minimum absolute atomic E-state index is 0.622. The molecule has 0 aromatic heterocycles. The van der Waals surface area contributed by atoms with Gasteiger partial charge in [-0.05, 0) is 70.9 Å². The number of rotatable bonds is 2. The van der Waals surface area contributed by atoms with Crippen LogP contribution in [0, 0.1) is 0 Å². The highest BCUT2D eigenvalue weighted by molar-refractivity contribution is 5.64. The van der Waals surface area contributed by atoms with Crippen LogP contribution in [0.5, 0.6) is 0 Å². The van der Waals surface area contributed by atoms with E-state index >= 15 is 0 Å². The number of allylic oxidation sites excluding steroid dienone is 2. The predicted molar refractivity (Wildman–Crippen MR) is 97.2 cm³/mol. The van der Waals surface area contributed by atoms with Crippen LogP contribution in [0.1, 0.15) is 11.1 Å². The van der Waals surface area contributed by atoms with E-state index in [1.165, 1.54) is 0 Å². The summed E-state index contributed by atoms with van der Waals surface area (Å²) >= 11 is 0. The van der Waals surface area contributed by atoms with Crippen molar-refractivity contribution >= 4 is 12.2 Å². The molecule has 3 rings (SSSR count). The minimum Gasteiger partial charge on any atom is -0.399 e. The van der Waals surface area contributed by atoms with Crippen molar-refractivity contribution in [3.05, 3.63) is 94.4 Å². The molecule has 4 heteroatoms. The van der Waals surface area contributed by atoms with Gasteiger partial charge in [-0.1, -0.05) is 24.3 Å². The molecule has 2 aliphatic carbocycles. The standard InChI is InChI=1S/C20H20N2O2/c21-17-5-7-19(23)15(11-17)9-13-1-2-14(4-3-13)10-16-12-18(22)6-8-20(16)24/h1-12,19-20,23-24H,21-22H2. The van der Waals surface area contributed by atoms with E-state index in [2.05, 4.69) is 0 Å². The molecular formula is C20H20N2O2. The molecule has 0 bridgehead atoms. The Bertz CT molecular complexity index is 740. The summed E-state index contributed by atoms with van der Waals surface area (Å²) in [5.41, 5.74) is 16.2. The fourth-order valence-corrected chi connectivity index (χ4v) is 2.61. The summed E-state index contributed by atoms with van der Waals surface area (Å²) in [5.74, 6) is 0. The van der Waals surface area contributed by atoms with Gasteiger partial charge in [0, 0.05) is 11.4 Å². The average molecular weight is 320 g/mol. The highest BCUT2D eigenvalue weighted by atomic mass is 16.3. The van der Waals surface area contributed by atoms with Crippen molar-refractivity contribution in [3.63, 3.8) is 0 Å². The first kappa shape index (κ1) is 16.1. The number of aliphatic hydroxyl groups excluding tert-OH is 2. The number of hydrogen-bond acceptors (Lipinski definition) is 4. The molecule has 0 saturated heterocycles. The fourth-order valence-electron chi connectivity index (χ4n) is 2.61. The molecule has 2 atom stereocenters. The highest BCUT2D eigenvalue weighted by Gasteiger charge is 2.11. The molecule has 0 heterocycles. The SMILES string of the molecule is NC1=CC(=Cc2ccc(C=C3C=C(N)C=CC3O)cc2)C(O)C=C1. The van der Waals surface area contributed by atoms with E-state index in [0.29, 0.717) is 11.4 Å². The lowest BCUT2D eigenvalue weighted by Gasteiger charge is -2.13. The Kier molecular flexibility index (Phi) is 4.51. The molecule has 4 nitrogen and oxygen atoms in total. The molecule has 122 valence electrons. The third-order valence-electron chi connectivity index (χ3n) is 3.89. The molecule has 6 N–H and O–H groups in total. The number of benzene rings is 1. The average Bonchev–Trinajstić information content (AvgIpc) is 2.56. The summed E-state index contributed by atoms with van der Waals surface area (Å²) < 4.78 is 0. The zero-order valence-corrected chi connectivity index (χ0v) is 13.1. The molecule has 0 spiro atoms. The van der Waals surface area contributed by atoms with Gasteiger partial charge in [0.05, 0.1) is 12.2 Å². The van der Waals surface area contributed by atoms with E-state index in [1.54, 1.807) is 36.5 Å². The van der Waals surface area contributed by atoms with E-state index in [0.717, 1.165) is 22.3 Å². The third kappa shape index (κ3) is 3.74. The van der Waals surface area contributed by atoms with Crippen LogP contribution in [0.2, 0.25) is 0 Å². The van der Waals surface area contributed by atoms with Crippen molar-refractivity contribution in [1.29, 1.82) is 0 Å². The van der Waals surface area contributed by atoms with Crippen molar-refractivity contribution < 1.29 is 10.2 Å². The maximum absolute atomic E-state index is 9.96. The number of hydrogen-bond donors (Lipinski definition) is 4. The molecule has 1 aromatic rings. The van der Waals surface area contributed by atoms with Crippen LogP contribution in [-0.2, 0) is 0 Å². The summed E-state index contributed by atoms with van der Waals surface area (Å²) in [7, 11) is 0. The smallest absolute Gasteiger partial charge is 0.0976 e. The van der Waals surface area contributed by atoms with Crippen LogP contribution in [0.4, 0.5) is 0 Å². The first-order chi connectivity index (χ1) is 11.5. The van der Waals surface area contributed by atoms with Crippen molar-refractivity contribution in [2.45, 2.75) is 12.2 Å². The largest absolute Gasteiger partial charge is 0.399 e. The maximum atomic E-state index is 9.96. The Labute approximate surface area is 141 Å². The molecule has 0 saturated carbocycles. The second kappa shape index (κ2) is 6.74. The third-order valence-corrected chi connectivity index (χ3v) is 3.89. The van der Waals surface area contributed by atoms with Gasteiger partial charge in [-0.25, -0.2) is 0 Å². The summed E-state index contributed by atoms with van der Waals surface area (Å²) in [6, 6.07) is 7.80. The van der Waals surface area contributed by atoms with Gasteiger partial charge in [0.15, 0.2) is 0 Å². The molecule has 2 unspecified atom stereocenters. The van der Waals surface area contributed by atoms with Crippen molar-refractivity contribution in [3.8, 4) is 0 Å². The van der Waals surface area contributed by atoms with Crippen LogP contribution in [-0.4, -0.2) is 22.4 Å². The molecule has 1 aromatic carbocycles. The van der Waals surface area contributed by atoms with Gasteiger partial charge in [0.2, 0.25) is 0 Å². The summed E-state index contributed by atoms with van der Waals surface area (Å²) in [6.07, 6.45) is 12.7. The van der Waals surface area contributed by atoms with Crippen LogP contribution in [0.15, 0.2) is 83.3 Å². The van der Waals surface area contributed by atoms with Crippen LogP contribution < -0.4 is 11.5 Å². The topological polar surface area (TPSA) is 92.5 Å². The van der Waals surface area contributed by atoms with Crippen molar-refractivity contribution in [2.24, 2.45) is 11.5 Å². The number of nitrogens with two attached hydrogens (primary N) is 2. The van der Waals surface area contributed by atoms with Crippen molar-refractivity contribution in [1.82, 2.24) is 0 Å². The number of aliphatic hydroxyl groups is 2. The van der Waals surface area contributed by atoms with Gasteiger partial charge in [0.1, 0.15) is 0 Å². The normalized spacial score (nSPS) is 26.6. The van der Waals surface area contributed by atoms with Crippen molar-refractivity contribution in [2.75, 3.05) is 0 Å².